The molecular formula is C18H17F3N2O. The minimum absolute atomic E-state index is 0.0996. The van der Waals surface area contributed by atoms with Gasteiger partial charge in [-0.05, 0) is 37.5 Å². The van der Waals surface area contributed by atoms with Gasteiger partial charge in [0.15, 0.2) is 17.5 Å². The number of anilines is 1. The fraction of sp³-hybridized carbons (Fsp3) is 0.278. The first-order chi connectivity index (χ1) is 11.4. The standard InChI is InChI=1S/C18H17F3N2O/c1-11-2-4-12(5-3-11)18(8-9-18)10-22-17(24)23-14-7-6-13(19)15(20)16(14)21/h2-7H,8-10H2,1H3,(H2,22,23,24). The molecule has 0 atom stereocenters. The summed E-state index contributed by atoms with van der Waals surface area (Å²) in [6.07, 6.45) is 1.91. The van der Waals surface area contributed by atoms with Gasteiger partial charge in [-0.15, -0.1) is 0 Å². The van der Waals surface area contributed by atoms with E-state index in [1.54, 1.807) is 0 Å². The number of carbonyl (C=O) groups excluding carboxylic acids is 1. The molecule has 126 valence electrons. The Hall–Kier alpha value is -2.50. The quantitative estimate of drug-likeness (QED) is 0.806. The van der Waals surface area contributed by atoms with E-state index in [4.69, 9.17) is 0 Å². The number of amides is 2. The van der Waals surface area contributed by atoms with Crippen molar-refractivity contribution in [1.82, 2.24) is 5.32 Å². The van der Waals surface area contributed by atoms with Gasteiger partial charge in [0.1, 0.15) is 0 Å². The highest BCUT2D eigenvalue weighted by Gasteiger charge is 2.44. The molecular weight excluding hydrogens is 317 g/mol. The molecule has 2 aromatic carbocycles. The maximum atomic E-state index is 13.6. The Labute approximate surface area is 137 Å². The second-order valence-corrected chi connectivity index (χ2v) is 6.18. The fourth-order valence-electron chi connectivity index (χ4n) is 2.66. The summed E-state index contributed by atoms with van der Waals surface area (Å²) in [4.78, 5) is 11.9. The number of carbonyl (C=O) groups is 1. The Morgan fingerprint density at radius 2 is 1.71 bits per heavy atom. The number of rotatable bonds is 4. The molecule has 6 heteroatoms. The second kappa shape index (κ2) is 6.19. The highest BCUT2D eigenvalue weighted by Crippen LogP contribution is 2.47. The number of urea groups is 1. The molecule has 3 rings (SSSR count). The van der Waals surface area contributed by atoms with E-state index >= 15 is 0 Å². The molecule has 1 aliphatic rings. The van der Waals surface area contributed by atoms with Gasteiger partial charge in [0.05, 0.1) is 5.69 Å². The summed E-state index contributed by atoms with van der Waals surface area (Å²) in [6.45, 7) is 2.40. The topological polar surface area (TPSA) is 41.1 Å². The first-order valence-electron chi connectivity index (χ1n) is 7.67. The molecule has 0 aromatic heterocycles. The Balaban J connectivity index is 1.62. The lowest BCUT2D eigenvalue weighted by Gasteiger charge is -2.17. The number of hydrogen-bond acceptors (Lipinski definition) is 1. The average Bonchev–Trinajstić information content (AvgIpc) is 3.35. The van der Waals surface area contributed by atoms with Crippen molar-refractivity contribution >= 4 is 11.7 Å². The molecule has 0 heterocycles. The first-order valence-corrected chi connectivity index (χ1v) is 7.67. The second-order valence-electron chi connectivity index (χ2n) is 6.18. The molecule has 0 spiro atoms. The van der Waals surface area contributed by atoms with Gasteiger partial charge in [0.25, 0.3) is 0 Å². The van der Waals surface area contributed by atoms with Gasteiger partial charge in [-0.2, -0.15) is 0 Å². The Bertz CT molecular complexity index is 771. The smallest absolute Gasteiger partial charge is 0.319 e. The van der Waals surface area contributed by atoms with E-state index in [9.17, 15) is 18.0 Å². The number of halogens is 3. The van der Waals surface area contributed by atoms with Crippen LogP contribution in [-0.4, -0.2) is 12.6 Å². The SMILES string of the molecule is Cc1ccc(C2(CNC(=O)Nc3ccc(F)c(F)c3F)CC2)cc1. The van der Waals surface area contributed by atoms with Crippen molar-refractivity contribution in [1.29, 1.82) is 0 Å². The molecule has 1 fully saturated rings. The predicted molar refractivity (Wildman–Crippen MR) is 85.4 cm³/mol. The largest absolute Gasteiger partial charge is 0.337 e. The molecule has 1 saturated carbocycles. The molecule has 2 amide bonds. The van der Waals surface area contributed by atoms with Crippen LogP contribution < -0.4 is 10.6 Å². The third-order valence-electron chi connectivity index (χ3n) is 4.39. The minimum atomic E-state index is -1.61. The fourth-order valence-corrected chi connectivity index (χ4v) is 2.66. The Morgan fingerprint density at radius 3 is 2.33 bits per heavy atom. The van der Waals surface area contributed by atoms with Crippen LogP contribution in [0.2, 0.25) is 0 Å². The van der Waals surface area contributed by atoms with Crippen molar-refractivity contribution in [2.75, 3.05) is 11.9 Å². The van der Waals surface area contributed by atoms with Crippen molar-refractivity contribution in [3.05, 3.63) is 65.0 Å². The highest BCUT2D eigenvalue weighted by atomic mass is 19.2. The van der Waals surface area contributed by atoms with E-state index in [0.29, 0.717) is 6.54 Å². The number of hydrogen-bond donors (Lipinski definition) is 2. The summed E-state index contributed by atoms with van der Waals surface area (Å²) >= 11 is 0. The van der Waals surface area contributed by atoms with E-state index in [2.05, 4.69) is 10.6 Å². The summed E-state index contributed by atoms with van der Waals surface area (Å²) in [7, 11) is 0. The zero-order valence-electron chi connectivity index (χ0n) is 13.1. The monoisotopic (exact) mass is 334 g/mol. The molecule has 0 aliphatic heterocycles. The van der Waals surface area contributed by atoms with E-state index in [1.165, 1.54) is 0 Å². The zero-order valence-corrected chi connectivity index (χ0v) is 13.1. The van der Waals surface area contributed by atoms with Crippen LogP contribution in [0.5, 0.6) is 0 Å². The van der Waals surface area contributed by atoms with E-state index in [1.807, 2.05) is 31.2 Å². The summed E-state index contributed by atoms with van der Waals surface area (Å²) in [5, 5.41) is 4.88. The predicted octanol–water partition coefficient (Wildman–Crippen LogP) is 4.27. The zero-order chi connectivity index (χ0) is 17.3. The Morgan fingerprint density at radius 1 is 1.04 bits per heavy atom. The third-order valence-corrected chi connectivity index (χ3v) is 4.39. The molecule has 0 radical (unpaired) electrons. The van der Waals surface area contributed by atoms with Crippen LogP contribution in [0.15, 0.2) is 36.4 Å². The molecule has 0 saturated heterocycles. The molecule has 1 aliphatic carbocycles. The first kappa shape index (κ1) is 16.4. The maximum absolute atomic E-state index is 13.6. The van der Waals surface area contributed by atoms with Crippen LogP contribution in [0.4, 0.5) is 23.7 Å². The average molecular weight is 334 g/mol. The summed E-state index contributed by atoms with van der Waals surface area (Å²) in [6, 6.07) is 9.22. The molecule has 0 bridgehead atoms. The summed E-state index contributed by atoms with van der Waals surface area (Å²) in [5.74, 6) is -4.31. The minimum Gasteiger partial charge on any atom is -0.337 e. The lowest BCUT2D eigenvalue weighted by Crippen LogP contribution is -2.35. The lowest BCUT2D eigenvalue weighted by atomic mass is 9.95. The van der Waals surface area contributed by atoms with Crippen LogP contribution in [0.1, 0.15) is 24.0 Å². The van der Waals surface area contributed by atoms with Crippen molar-refractivity contribution in [3.63, 3.8) is 0 Å². The van der Waals surface area contributed by atoms with E-state index in [-0.39, 0.29) is 5.41 Å². The van der Waals surface area contributed by atoms with Crippen LogP contribution in [0, 0.1) is 24.4 Å². The van der Waals surface area contributed by atoms with Crippen LogP contribution in [-0.2, 0) is 5.41 Å². The van der Waals surface area contributed by atoms with Crippen molar-refractivity contribution in [3.8, 4) is 0 Å². The van der Waals surface area contributed by atoms with Gasteiger partial charge < -0.3 is 10.6 Å². The molecule has 0 unspecified atom stereocenters. The van der Waals surface area contributed by atoms with E-state index < -0.39 is 29.2 Å². The van der Waals surface area contributed by atoms with Gasteiger partial charge in [-0.3, -0.25) is 0 Å². The number of nitrogens with one attached hydrogen (secondary N) is 2. The van der Waals surface area contributed by atoms with Crippen LogP contribution in [0.3, 0.4) is 0 Å². The Kier molecular flexibility index (Phi) is 4.22. The normalized spacial score (nSPS) is 15.0. The summed E-state index contributed by atoms with van der Waals surface area (Å²) < 4.78 is 39.6. The van der Waals surface area contributed by atoms with Crippen molar-refractivity contribution < 1.29 is 18.0 Å². The van der Waals surface area contributed by atoms with Gasteiger partial charge in [-0.1, -0.05) is 29.8 Å². The number of aryl methyl sites for hydroxylation is 1. The number of benzene rings is 2. The van der Waals surface area contributed by atoms with Crippen LogP contribution in [0.25, 0.3) is 0 Å². The molecule has 2 N–H and O–H groups in total. The van der Waals surface area contributed by atoms with Crippen LogP contribution >= 0.6 is 0 Å². The lowest BCUT2D eigenvalue weighted by molar-refractivity contribution is 0.251. The molecule has 3 nitrogen and oxygen atoms in total. The summed E-state index contributed by atoms with van der Waals surface area (Å²) in [5.41, 5.74) is 1.81. The van der Waals surface area contributed by atoms with Gasteiger partial charge >= 0.3 is 6.03 Å². The highest BCUT2D eigenvalue weighted by molar-refractivity contribution is 5.89. The van der Waals surface area contributed by atoms with E-state index in [0.717, 1.165) is 36.1 Å². The van der Waals surface area contributed by atoms with Gasteiger partial charge in [0, 0.05) is 12.0 Å². The molecule has 24 heavy (non-hydrogen) atoms. The maximum Gasteiger partial charge on any atom is 0.319 e. The third kappa shape index (κ3) is 3.22. The van der Waals surface area contributed by atoms with Gasteiger partial charge in [0.2, 0.25) is 0 Å². The molecule has 2 aromatic rings. The van der Waals surface area contributed by atoms with Crippen molar-refractivity contribution in [2.24, 2.45) is 0 Å². The van der Waals surface area contributed by atoms with Crippen molar-refractivity contribution in [2.45, 2.75) is 25.2 Å². The van der Waals surface area contributed by atoms with Gasteiger partial charge in [-0.25, -0.2) is 18.0 Å².